The van der Waals surface area contributed by atoms with E-state index >= 15 is 0 Å². The van der Waals surface area contributed by atoms with Crippen LogP contribution in [-0.4, -0.2) is 22.0 Å². The summed E-state index contributed by atoms with van der Waals surface area (Å²) in [4.78, 5) is 16.8. The van der Waals surface area contributed by atoms with E-state index in [0.717, 1.165) is 42.7 Å². The van der Waals surface area contributed by atoms with Crippen molar-refractivity contribution in [3.63, 3.8) is 0 Å². The first-order valence-corrected chi connectivity index (χ1v) is 9.98. The maximum absolute atomic E-state index is 12.0. The summed E-state index contributed by atoms with van der Waals surface area (Å²) in [5.41, 5.74) is 3.43. The van der Waals surface area contributed by atoms with Crippen LogP contribution in [-0.2, 0) is 17.8 Å². The number of imidazole rings is 1. The molecule has 1 amide bonds. The van der Waals surface area contributed by atoms with E-state index in [4.69, 9.17) is 4.98 Å². The molecule has 3 aromatic carbocycles. The number of carbonyl (C=O) groups excluding carboxylic acids is 1. The number of nitrogens with zero attached hydrogens (tertiary/aromatic N) is 2. The van der Waals surface area contributed by atoms with Crippen molar-refractivity contribution in [2.75, 3.05) is 6.54 Å². The average Bonchev–Trinajstić information content (AvgIpc) is 3.52. The molecule has 28 heavy (non-hydrogen) atoms. The number of aromatic nitrogens is 2. The van der Waals surface area contributed by atoms with Crippen LogP contribution < -0.4 is 5.32 Å². The van der Waals surface area contributed by atoms with Gasteiger partial charge in [0.1, 0.15) is 5.82 Å². The van der Waals surface area contributed by atoms with Crippen LogP contribution in [0.1, 0.15) is 24.2 Å². The van der Waals surface area contributed by atoms with Crippen LogP contribution in [0.2, 0.25) is 0 Å². The van der Waals surface area contributed by atoms with Crippen LogP contribution in [0.3, 0.4) is 0 Å². The van der Waals surface area contributed by atoms with E-state index in [1.54, 1.807) is 0 Å². The van der Waals surface area contributed by atoms with Gasteiger partial charge in [-0.25, -0.2) is 4.98 Å². The molecule has 5 rings (SSSR count). The van der Waals surface area contributed by atoms with Crippen LogP contribution in [0.5, 0.6) is 0 Å². The maximum atomic E-state index is 12.0. The van der Waals surface area contributed by atoms with Crippen LogP contribution in [0.15, 0.2) is 66.7 Å². The Morgan fingerprint density at radius 1 is 1.00 bits per heavy atom. The van der Waals surface area contributed by atoms with Crippen molar-refractivity contribution in [3.05, 3.63) is 78.1 Å². The number of fused-ring (bicyclic) bond motifs is 2. The zero-order valence-corrected chi connectivity index (χ0v) is 15.8. The Hall–Kier alpha value is -3.14. The Bertz CT molecular complexity index is 1150. The van der Waals surface area contributed by atoms with Crippen LogP contribution in [0.25, 0.3) is 21.8 Å². The molecule has 4 aromatic rings. The van der Waals surface area contributed by atoms with Crippen molar-refractivity contribution >= 4 is 27.7 Å². The van der Waals surface area contributed by atoms with Gasteiger partial charge in [0.05, 0.1) is 11.0 Å². The summed E-state index contributed by atoms with van der Waals surface area (Å²) in [6, 6.07) is 23.2. The summed E-state index contributed by atoms with van der Waals surface area (Å²) in [6.07, 6.45) is 2.80. The van der Waals surface area contributed by atoms with Gasteiger partial charge in [-0.3, -0.25) is 4.79 Å². The smallest absolute Gasteiger partial charge is 0.223 e. The van der Waals surface area contributed by atoms with E-state index in [9.17, 15) is 4.79 Å². The highest BCUT2D eigenvalue weighted by atomic mass is 16.2. The number of benzene rings is 3. The third kappa shape index (κ3) is 3.26. The fraction of sp³-hybridized carbons (Fsp3) is 0.250. The third-order valence-corrected chi connectivity index (χ3v) is 5.54. The lowest BCUT2D eigenvalue weighted by molar-refractivity contribution is -0.122. The SMILES string of the molecule is O=C(NCCc1nc2ccccc2n1Cc1cccc2ccccc12)C1CC1. The first-order valence-electron chi connectivity index (χ1n) is 9.98. The number of rotatable bonds is 6. The molecule has 0 spiro atoms. The molecule has 140 valence electrons. The van der Waals surface area contributed by atoms with Gasteiger partial charge in [-0.05, 0) is 41.3 Å². The molecular formula is C24H23N3O. The lowest BCUT2D eigenvalue weighted by atomic mass is 10.0. The van der Waals surface area contributed by atoms with Crippen molar-refractivity contribution in [3.8, 4) is 0 Å². The van der Waals surface area contributed by atoms with Crippen molar-refractivity contribution in [2.24, 2.45) is 5.92 Å². The Balaban J connectivity index is 1.47. The molecule has 0 radical (unpaired) electrons. The standard InChI is InChI=1S/C24H23N3O/c28-24(18-12-13-18)25-15-14-23-26-21-10-3-4-11-22(21)27(23)16-19-8-5-7-17-6-1-2-9-20(17)19/h1-11,18H,12-16H2,(H,25,28). The molecule has 4 nitrogen and oxygen atoms in total. The second kappa shape index (κ2) is 7.12. The van der Waals surface area contributed by atoms with Gasteiger partial charge in [0, 0.05) is 25.4 Å². The van der Waals surface area contributed by atoms with Gasteiger partial charge in [-0.1, -0.05) is 54.6 Å². The molecule has 0 atom stereocenters. The van der Waals surface area contributed by atoms with E-state index in [2.05, 4.69) is 70.5 Å². The lowest BCUT2D eigenvalue weighted by Crippen LogP contribution is -2.27. The van der Waals surface area contributed by atoms with Crippen molar-refractivity contribution in [1.29, 1.82) is 0 Å². The van der Waals surface area contributed by atoms with Crippen molar-refractivity contribution < 1.29 is 4.79 Å². The molecule has 1 fully saturated rings. The highest BCUT2D eigenvalue weighted by Crippen LogP contribution is 2.28. The normalized spacial score (nSPS) is 13.9. The Kier molecular flexibility index (Phi) is 4.32. The molecule has 1 heterocycles. The Morgan fingerprint density at radius 2 is 1.79 bits per heavy atom. The fourth-order valence-corrected chi connectivity index (χ4v) is 3.88. The predicted octanol–water partition coefficient (Wildman–Crippen LogP) is 4.31. The second-order valence-corrected chi connectivity index (χ2v) is 7.56. The molecule has 1 aromatic heterocycles. The highest BCUT2D eigenvalue weighted by molar-refractivity contribution is 5.86. The lowest BCUT2D eigenvalue weighted by Gasteiger charge is -2.12. The summed E-state index contributed by atoms with van der Waals surface area (Å²) in [7, 11) is 0. The number of para-hydroxylation sites is 2. The summed E-state index contributed by atoms with van der Waals surface area (Å²) in [5, 5.41) is 5.59. The minimum absolute atomic E-state index is 0.191. The van der Waals surface area contributed by atoms with Crippen molar-refractivity contribution in [1.82, 2.24) is 14.9 Å². The zero-order chi connectivity index (χ0) is 18.9. The molecule has 1 saturated carbocycles. The molecular weight excluding hydrogens is 346 g/mol. The van der Waals surface area contributed by atoms with E-state index in [0.29, 0.717) is 6.54 Å². The second-order valence-electron chi connectivity index (χ2n) is 7.56. The largest absolute Gasteiger partial charge is 0.355 e. The van der Waals surface area contributed by atoms with Gasteiger partial charge in [0.15, 0.2) is 0 Å². The molecule has 0 bridgehead atoms. The molecule has 0 aliphatic heterocycles. The van der Waals surface area contributed by atoms with Gasteiger partial charge in [0.25, 0.3) is 0 Å². The van der Waals surface area contributed by atoms with Crippen LogP contribution >= 0.6 is 0 Å². The van der Waals surface area contributed by atoms with Crippen LogP contribution in [0.4, 0.5) is 0 Å². The third-order valence-electron chi connectivity index (χ3n) is 5.54. The van der Waals surface area contributed by atoms with Gasteiger partial charge < -0.3 is 9.88 Å². The van der Waals surface area contributed by atoms with E-state index in [1.807, 2.05) is 6.07 Å². The molecule has 4 heteroatoms. The van der Waals surface area contributed by atoms with Crippen molar-refractivity contribution in [2.45, 2.75) is 25.8 Å². The van der Waals surface area contributed by atoms with Gasteiger partial charge in [-0.2, -0.15) is 0 Å². The van der Waals surface area contributed by atoms with E-state index < -0.39 is 0 Å². The monoisotopic (exact) mass is 369 g/mol. The number of carbonyl (C=O) groups is 1. The Labute approximate surface area is 164 Å². The van der Waals surface area contributed by atoms with E-state index in [1.165, 1.54) is 16.3 Å². The highest BCUT2D eigenvalue weighted by Gasteiger charge is 2.29. The van der Waals surface area contributed by atoms with E-state index in [-0.39, 0.29) is 11.8 Å². The maximum Gasteiger partial charge on any atom is 0.223 e. The quantitative estimate of drug-likeness (QED) is 0.551. The Morgan fingerprint density at radius 3 is 2.68 bits per heavy atom. The molecule has 1 N–H and O–H groups in total. The number of hydrogen-bond donors (Lipinski definition) is 1. The fourth-order valence-electron chi connectivity index (χ4n) is 3.88. The number of amides is 1. The molecule has 0 unspecified atom stereocenters. The molecule has 0 saturated heterocycles. The average molecular weight is 369 g/mol. The minimum Gasteiger partial charge on any atom is -0.355 e. The summed E-state index contributed by atoms with van der Waals surface area (Å²) < 4.78 is 2.29. The summed E-state index contributed by atoms with van der Waals surface area (Å²) in [6.45, 7) is 1.40. The van der Waals surface area contributed by atoms with Crippen LogP contribution in [0, 0.1) is 5.92 Å². The molecule has 1 aliphatic carbocycles. The topological polar surface area (TPSA) is 46.9 Å². The minimum atomic E-state index is 0.191. The number of nitrogens with one attached hydrogen (secondary N) is 1. The van der Waals surface area contributed by atoms with Gasteiger partial charge in [0.2, 0.25) is 5.91 Å². The summed E-state index contributed by atoms with van der Waals surface area (Å²) in [5.74, 6) is 1.46. The first kappa shape index (κ1) is 17.0. The molecule has 1 aliphatic rings. The van der Waals surface area contributed by atoms with Gasteiger partial charge >= 0.3 is 0 Å². The zero-order valence-electron chi connectivity index (χ0n) is 15.8. The predicted molar refractivity (Wildman–Crippen MR) is 112 cm³/mol. The number of hydrogen-bond acceptors (Lipinski definition) is 2. The summed E-state index contributed by atoms with van der Waals surface area (Å²) >= 11 is 0. The first-order chi connectivity index (χ1) is 13.8. The van der Waals surface area contributed by atoms with Gasteiger partial charge in [-0.15, -0.1) is 0 Å².